The minimum Gasteiger partial charge on any atom is -0.496 e. The predicted octanol–water partition coefficient (Wildman–Crippen LogP) is 4.14. The van der Waals surface area contributed by atoms with Gasteiger partial charge in [-0.15, -0.1) is 11.8 Å². The number of amides is 1. The van der Waals surface area contributed by atoms with Crippen LogP contribution in [0.15, 0.2) is 47.4 Å². The summed E-state index contributed by atoms with van der Waals surface area (Å²) in [4.78, 5) is 25.1. The highest BCUT2D eigenvalue weighted by molar-refractivity contribution is 7.98. The summed E-state index contributed by atoms with van der Waals surface area (Å²) < 4.78 is 18.5. The van der Waals surface area contributed by atoms with Gasteiger partial charge in [0.25, 0.3) is 5.69 Å². The molecule has 0 unspecified atom stereocenters. The summed E-state index contributed by atoms with van der Waals surface area (Å²) in [6.45, 7) is 0.347. The summed E-state index contributed by atoms with van der Waals surface area (Å²) in [6.07, 6.45) is 4.49. The number of ether oxygens (including phenoxy) is 1. The number of methoxy groups -OCH3 is 1. The minimum atomic E-state index is -0.704. The van der Waals surface area contributed by atoms with Crippen LogP contribution in [-0.2, 0) is 11.3 Å². The van der Waals surface area contributed by atoms with Gasteiger partial charge in [0.1, 0.15) is 11.6 Å². The number of nitrogens with zero attached hydrogens (tertiary/aromatic N) is 2. The largest absolute Gasteiger partial charge is 0.496 e. The van der Waals surface area contributed by atoms with Gasteiger partial charge in [0.15, 0.2) is 0 Å². The fourth-order valence-electron chi connectivity index (χ4n) is 2.43. The van der Waals surface area contributed by atoms with Crippen molar-refractivity contribution in [3.8, 4) is 5.75 Å². The van der Waals surface area contributed by atoms with Crippen molar-refractivity contribution in [2.75, 3.05) is 20.4 Å². The van der Waals surface area contributed by atoms with Crippen LogP contribution in [-0.4, -0.2) is 36.1 Å². The molecule has 0 saturated carbocycles. The Hall–Kier alpha value is -2.87. The summed E-state index contributed by atoms with van der Waals surface area (Å²) in [5, 5.41) is 11.0. The van der Waals surface area contributed by atoms with Crippen molar-refractivity contribution in [2.45, 2.75) is 11.4 Å². The minimum absolute atomic E-state index is 0.161. The monoisotopic (exact) mass is 390 g/mol. The van der Waals surface area contributed by atoms with Gasteiger partial charge in [0, 0.05) is 24.6 Å². The number of rotatable bonds is 7. The summed E-state index contributed by atoms with van der Waals surface area (Å²) in [7, 11) is 3.22. The van der Waals surface area contributed by atoms with E-state index < -0.39 is 10.7 Å². The molecule has 0 heterocycles. The highest BCUT2D eigenvalue weighted by Crippen LogP contribution is 2.28. The summed E-state index contributed by atoms with van der Waals surface area (Å²) in [5.41, 5.74) is 0.662. The molecule has 27 heavy (non-hydrogen) atoms. The second-order valence-corrected chi connectivity index (χ2v) is 6.53. The van der Waals surface area contributed by atoms with Crippen molar-refractivity contribution in [1.29, 1.82) is 0 Å². The van der Waals surface area contributed by atoms with Crippen LogP contribution < -0.4 is 4.74 Å². The van der Waals surface area contributed by atoms with Crippen LogP contribution in [0.1, 0.15) is 11.1 Å². The Labute approximate surface area is 160 Å². The SMILES string of the molecule is COc1cc(CN(C)C(=O)C=Cc2ccc(F)cc2[N+](=O)[O-])ccc1SC. The summed E-state index contributed by atoms with van der Waals surface area (Å²) in [6, 6.07) is 8.91. The first-order valence-electron chi connectivity index (χ1n) is 7.93. The number of likely N-dealkylation sites (N-methyl/N-ethyl adjacent to an activating group) is 1. The zero-order valence-electron chi connectivity index (χ0n) is 15.1. The second-order valence-electron chi connectivity index (χ2n) is 5.68. The number of nitro groups is 1. The zero-order valence-corrected chi connectivity index (χ0v) is 16.0. The molecule has 2 aromatic carbocycles. The van der Waals surface area contributed by atoms with Gasteiger partial charge in [-0.1, -0.05) is 6.07 Å². The highest BCUT2D eigenvalue weighted by Gasteiger charge is 2.14. The van der Waals surface area contributed by atoms with E-state index in [1.807, 2.05) is 24.5 Å². The van der Waals surface area contributed by atoms with Crippen molar-refractivity contribution >= 4 is 29.4 Å². The number of thioether (sulfide) groups is 1. The van der Waals surface area contributed by atoms with E-state index in [4.69, 9.17) is 4.74 Å². The Bertz CT molecular complexity index is 886. The molecule has 0 spiro atoms. The molecule has 0 fully saturated rings. The van der Waals surface area contributed by atoms with Crippen LogP contribution in [0.3, 0.4) is 0 Å². The highest BCUT2D eigenvalue weighted by atomic mass is 32.2. The standard InChI is InChI=1S/C19H19FN2O4S/c1-21(12-13-4-8-18(27-3)17(10-13)26-2)19(23)9-6-14-5-7-15(20)11-16(14)22(24)25/h4-11H,12H2,1-3H3. The van der Waals surface area contributed by atoms with Crippen LogP contribution in [0.5, 0.6) is 5.75 Å². The van der Waals surface area contributed by atoms with Crippen molar-refractivity contribution in [1.82, 2.24) is 4.90 Å². The van der Waals surface area contributed by atoms with E-state index in [2.05, 4.69) is 0 Å². The van der Waals surface area contributed by atoms with E-state index in [1.54, 1.807) is 25.9 Å². The van der Waals surface area contributed by atoms with E-state index in [9.17, 15) is 19.3 Å². The first-order chi connectivity index (χ1) is 12.8. The van der Waals surface area contributed by atoms with Crippen LogP contribution in [0.2, 0.25) is 0 Å². The number of hydrogen-bond donors (Lipinski definition) is 0. The molecule has 8 heteroatoms. The van der Waals surface area contributed by atoms with Crippen LogP contribution >= 0.6 is 11.8 Å². The average Bonchev–Trinajstić information content (AvgIpc) is 2.66. The molecule has 142 valence electrons. The van der Waals surface area contributed by atoms with Crippen molar-refractivity contribution in [3.63, 3.8) is 0 Å². The number of carbonyl (C=O) groups is 1. The molecule has 0 radical (unpaired) electrons. The molecular weight excluding hydrogens is 371 g/mol. The van der Waals surface area contributed by atoms with Gasteiger partial charge in [-0.25, -0.2) is 4.39 Å². The quantitative estimate of drug-likeness (QED) is 0.308. The third-order valence-electron chi connectivity index (χ3n) is 3.84. The first-order valence-corrected chi connectivity index (χ1v) is 9.16. The van der Waals surface area contributed by atoms with Crippen molar-refractivity contribution in [3.05, 3.63) is 69.5 Å². The van der Waals surface area contributed by atoms with E-state index in [1.165, 1.54) is 23.1 Å². The topological polar surface area (TPSA) is 72.7 Å². The molecule has 2 rings (SSSR count). The molecule has 0 aromatic heterocycles. The maximum atomic E-state index is 13.2. The first kappa shape index (κ1) is 20.4. The number of hydrogen-bond acceptors (Lipinski definition) is 5. The Morgan fingerprint density at radius 2 is 2.07 bits per heavy atom. The maximum Gasteiger partial charge on any atom is 0.279 e. The fourth-order valence-corrected chi connectivity index (χ4v) is 2.98. The molecule has 0 bridgehead atoms. The smallest absolute Gasteiger partial charge is 0.279 e. The van der Waals surface area contributed by atoms with Crippen molar-refractivity contribution < 1.29 is 18.8 Å². The lowest BCUT2D eigenvalue weighted by Crippen LogP contribution is -2.24. The van der Waals surface area contributed by atoms with Crippen LogP contribution in [0.4, 0.5) is 10.1 Å². The normalized spacial score (nSPS) is 10.8. The molecule has 0 atom stereocenters. The number of carbonyl (C=O) groups excluding carboxylic acids is 1. The van der Waals surface area contributed by atoms with Crippen molar-refractivity contribution in [2.24, 2.45) is 0 Å². The van der Waals surface area contributed by atoms with Gasteiger partial charge < -0.3 is 9.64 Å². The predicted molar refractivity (Wildman–Crippen MR) is 103 cm³/mol. The van der Waals surface area contributed by atoms with Gasteiger partial charge >= 0.3 is 0 Å². The Kier molecular flexibility index (Phi) is 6.95. The molecule has 1 amide bonds. The third-order valence-corrected chi connectivity index (χ3v) is 4.62. The third kappa shape index (κ3) is 5.30. The maximum absolute atomic E-state index is 13.2. The van der Waals surface area contributed by atoms with E-state index >= 15 is 0 Å². The molecule has 0 N–H and O–H groups in total. The van der Waals surface area contributed by atoms with Crippen LogP contribution in [0, 0.1) is 15.9 Å². The number of halogens is 1. The lowest BCUT2D eigenvalue weighted by molar-refractivity contribution is -0.385. The van der Waals surface area contributed by atoms with E-state index in [-0.39, 0.29) is 17.2 Å². The molecule has 2 aromatic rings. The second kappa shape index (κ2) is 9.18. The average molecular weight is 390 g/mol. The van der Waals surface area contributed by atoms with Gasteiger partial charge in [-0.3, -0.25) is 14.9 Å². The van der Waals surface area contributed by atoms with Gasteiger partial charge in [0.05, 0.1) is 23.7 Å². The van der Waals surface area contributed by atoms with E-state index in [0.717, 1.165) is 28.3 Å². The molecule has 0 aliphatic heterocycles. The summed E-state index contributed by atoms with van der Waals surface area (Å²) in [5.74, 6) is -0.301. The number of nitro benzene ring substituents is 1. The van der Waals surface area contributed by atoms with Gasteiger partial charge in [-0.05, 0) is 42.2 Å². The van der Waals surface area contributed by atoms with Gasteiger partial charge in [0.2, 0.25) is 5.91 Å². The van der Waals surface area contributed by atoms with E-state index in [0.29, 0.717) is 6.54 Å². The molecular formula is C19H19FN2O4S. The van der Waals surface area contributed by atoms with Gasteiger partial charge in [-0.2, -0.15) is 0 Å². The number of benzene rings is 2. The molecule has 6 nitrogen and oxygen atoms in total. The molecule has 0 aliphatic carbocycles. The molecule has 0 aliphatic rings. The zero-order chi connectivity index (χ0) is 20.0. The Balaban J connectivity index is 2.12. The fraction of sp³-hybridized carbons (Fsp3) is 0.211. The lowest BCUT2D eigenvalue weighted by Gasteiger charge is -2.16. The van der Waals surface area contributed by atoms with Crippen LogP contribution in [0.25, 0.3) is 6.08 Å². The molecule has 0 saturated heterocycles. The Morgan fingerprint density at radius 1 is 1.33 bits per heavy atom. The lowest BCUT2D eigenvalue weighted by atomic mass is 10.1. The summed E-state index contributed by atoms with van der Waals surface area (Å²) >= 11 is 1.57. The Morgan fingerprint density at radius 3 is 2.70 bits per heavy atom.